The molecule has 0 spiro atoms. The molecule has 0 saturated carbocycles. The first kappa shape index (κ1) is 14.5. The van der Waals surface area contributed by atoms with Crippen molar-refractivity contribution in [2.24, 2.45) is 5.73 Å². The Hall–Kier alpha value is -0.900. The van der Waals surface area contributed by atoms with Crippen molar-refractivity contribution in [3.63, 3.8) is 0 Å². The molecule has 2 N–H and O–H groups in total. The quantitative estimate of drug-likeness (QED) is 0.852. The Kier molecular flexibility index (Phi) is 4.61. The Balaban J connectivity index is 2.27. The normalized spacial score (nSPS) is 12.5. The molecule has 1 atom stereocenters. The second-order valence-electron chi connectivity index (χ2n) is 4.55. The molecule has 0 aliphatic heterocycles. The fraction of sp³-hybridized carbons (Fsp3) is 0.200. The third-order valence-corrected chi connectivity index (χ3v) is 3.95. The van der Waals surface area contributed by atoms with E-state index in [1.807, 2.05) is 19.1 Å². The molecule has 19 heavy (non-hydrogen) atoms. The Bertz CT molecular complexity index is 601. The van der Waals surface area contributed by atoms with Crippen molar-refractivity contribution in [3.8, 4) is 0 Å². The van der Waals surface area contributed by atoms with Crippen LogP contribution in [0.5, 0.6) is 0 Å². The average molecular weight is 343 g/mol. The maximum absolute atomic E-state index is 13.3. The van der Waals surface area contributed by atoms with Gasteiger partial charge in [-0.05, 0) is 60.4 Å². The number of halogens is 3. The van der Waals surface area contributed by atoms with Gasteiger partial charge < -0.3 is 5.73 Å². The minimum atomic E-state index is -0.259. The van der Waals surface area contributed by atoms with Gasteiger partial charge in [-0.3, -0.25) is 0 Å². The first-order valence-electron chi connectivity index (χ1n) is 5.93. The van der Waals surface area contributed by atoms with E-state index < -0.39 is 0 Å². The van der Waals surface area contributed by atoms with E-state index in [9.17, 15) is 4.39 Å². The Labute approximate surface area is 125 Å². The largest absolute Gasteiger partial charge is 0.324 e. The van der Waals surface area contributed by atoms with Gasteiger partial charge in [0.25, 0.3) is 0 Å². The van der Waals surface area contributed by atoms with Crippen LogP contribution in [-0.2, 0) is 6.42 Å². The number of benzene rings is 2. The van der Waals surface area contributed by atoms with Gasteiger partial charge in [-0.2, -0.15) is 0 Å². The predicted octanol–water partition coefficient (Wildman–Crippen LogP) is 4.79. The minimum Gasteiger partial charge on any atom is -0.324 e. The van der Waals surface area contributed by atoms with Crippen molar-refractivity contribution in [2.45, 2.75) is 19.4 Å². The van der Waals surface area contributed by atoms with E-state index in [-0.39, 0.29) is 11.9 Å². The maximum Gasteiger partial charge on any atom is 0.123 e. The molecule has 2 rings (SSSR count). The fourth-order valence-corrected chi connectivity index (χ4v) is 2.64. The van der Waals surface area contributed by atoms with Crippen molar-refractivity contribution >= 4 is 27.5 Å². The monoisotopic (exact) mass is 341 g/mol. The summed E-state index contributed by atoms with van der Waals surface area (Å²) < 4.78 is 14.2. The zero-order chi connectivity index (χ0) is 14.0. The highest BCUT2D eigenvalue weighted by molar-refractivity contribution is 9.10. The highest BCUT2D eigenvalue weighted by Gasteiger charge is 2.13. The highest BCUT2D eigenvalue weighted by atomic mass is 79.9. The maximum atomic E-state index is 13.3. The lowest BCUT2D eigenvalue weighted by atomic mass is 9.96. The summed E-state index contributed by atoms with van der Waals surface area (Å²) in [6, 6.07) is 10.1. The van der Waals surface area contributed by atoms with Gasteiger partial charge in [0.15, 0.2) is 0 Å². The lowest BCUT2D eigenvalue weighted by Crippen LogP contribution is -2.14. The molecular formula is C15H14BrClFN. The molecule has 0 radical (unpaired) electrons. The van der Waals surface area contributed by atoms with Crippen molar-refractivity contribution in [2.75, 3.05) is 0 Å². The van der Waals surface area contributed by atoms with E-state index in [1.165, 1.54) is 12.1 Å². The van der Waals surface area contributed by atoms with Gasteiger partial charge in [-0.15, -0.1) is 0 Å². The number of hydrogen-bond acceptors (Lipinski definition) is 1. The zero-order valence-corrected chi connectivity index (χ0v) is 12.8. The lowest BCUT2D eigenvalue weighted by molar-refractivity contribution is 0.621. The van der Waals surface area contributed by atoms with E-state index in [1.54, 1.807) is 12.1 Å². The standard InChI is InChI=1S/C15H14BrClFN/c1-9-2-4-12(18)6-10(9)7-15(19)13-8-11(16)3-5-14(13)17/h2-6,8,15H,7,19H2,1H3. The van der Waals surface area contributed by atoms with Crippen molar-refractivity contribution in [1.29, 1.82) is 0 Å². The third-order valence-electron chi connectivity index (χ3n) is 3.11. The summed E-state index contributed by atoms with van der Waals surface area (Å²) in [4.78, 5) is 0. The van der Waals surface area contributed by atoms with Crippen LogP contribution in [0.15, 0.2) is 40.9 Å². The van der Waals surface area contributed by atoms with Crippen LogP contribution in [-0.4, -0.2) is 0 Å². The predicted molar refractivity (Wildman–Crippen MR) is 80.9 cm³/mol. The van der Waals surface area contributed by atoms with Crippen LogP contribution >= 0.6 is 27.5 Å². The Morgan fingerprint density at radius 3 is 2.74 bits per heavy atom. The van der Waals surface area contributed by atoms with Gasteiger partial charge in [-0.1, -0.05) is 33.6 Å². The summed E-state index contributed by atoms with van der Waals surface area (Å²) in [7, 11) is 0. The summed E-state index contributed by atoms with van der Waals surface area (Å²) in [5, 5.41) is 0.629. The summed E-state index contributed by atoms with van der Waals surface area (Å²) >= 11 is 9.56. The van der Waals surface area contributed by atoms with Gasteiger partial charge in [0.2, 0.25) is 0 Å². The lowest BCUT2D eigenvalue weighted by Gasteiger charge is -2.16. The van der Waals surface area contributed by atoms with Crippen LogP contribution in [0.2, 0.25) is 5.02 Å². The molecule has 0 fully saturated rings. The molecule has 0 aliphatic rings. The van der Waals surface area contributed by atoms with E-state index >= 15 is 0 Å². The third kappa shape index (κ3) is 3.56. The molecule has 0 amide bonds. The molecule has 0 heterocycles. The van der Waals surface area contributed by atoms with Gasteiger partial charge in [0.05, 0.1) is 0 Å². The second-order valence-corrected chi connectivity index (χ2v) is 5.87. The van der Waals surface area contributed by atoms with Crippen molar-refractivity contribution in [1.82, 2.24) is 0 Å². The first-order chi connectivity index (χ1) is 8.97. The van der Waals surface area contributed by atoms with Crippen LogP contribution in [0.3, 0.4) is 0 Å². The van der Waals surface area contributed by atoms with E-state index in [2.05, 4.69) is 15.9 Å². The molecule has 0 bridgehead atoms. The topological polar surface area (TPSA) is 26.0 Å². The second kappa shape index (κ2) is 6.04. The first-order valence-corrected chi connectivity index (χ1v) is 7.10. The molecule has 1 unspecified atom stereocenters. The SMILES string of the molecule is Cc1ccc(F)cc1CC(N)c1cc(Br)ccc1Cl. The molecule has 0 saturated heterocycles. The van der Waals surface area contributed by atoms with Gasteiger partial charge >= 0.3 is 0 Å². The molecule has 0 aromatic heterocycles. The molecule has 0 aliphatic carbocycles. The van der Waals surface area contributed by atoms with Crippen LogP contribution in [0.1, 0.15) is 22.7 Å². The summed E-state index contributed by atoms with van der Waals surface area (Å²) in [6.45, 7) is 1.95. The Morgan fingerprint density at radius 2 is 2.00 bits per heavy atom. The van der Waals surface area contributed by atoms with Crippen LogP contribution < -0.4 is 5.73 Å². The van der Waals surface area contributed by atoms with E-state index in [4.69, 9.17) is 17.3 Å². The molecule has 100 valence electrons. The van der Waals surface area contributed by atoms with Crippen molar-refractivity contribution < 1.29 is 4.39 Å². The molecule has 1 nitrogen and oxygen atoms in total. The average Bonchev–Trinajstić information content (AvgIpc) is 2.36. The molecular weight excluding hydrogens is 329 g/mol. The van der Waals surface area contributed by atoms with E-state index in [0.29, 0.717) is 11.4 Å². The summed E-state index contributed by atoms with van der Waals surface area (Å²) in [5.41, 5.74) is 8.99. The minimum absolute atomic E-state index is 0.242. The van der Waals surface area contributed by atoms with Crippen LogP contribution in [0.4, 0.5) is 4.39 Å². The zero-order valence-electron chi connectivity index (χ0n) is 10.5. The Morgan fingerprint density at radius 1 is 1.26 bits per heavy atom. The summed E-state index contributed by atoms with van der Waals surface area (Å²) in [6.07, 6.45) is 0.555. The summed E-state index contributed by atoms with van der Waals surface area (Å²) in [5.74, 6) is -0.242. The van der Waals surface area contributed by atoms with Gasteiger partial charge in [-0.25, -0.2) is 4.39 Å². The number of rotatable bonds is 3. The van der Waals surface area contributed by atoms with Gasteiger partial charge in [0, 0.05) is 15.5 Å². The van der Waals surface area contributed by atoms with Crippen LogP contribution in [0, 0.1) is 12.7 Å². The van der Waals surface area contributed by atoms with Gasteiger partial charge in [0.1, 0.15) is 5.82 Å². The molecule has 2 aromatic carbocycles. The number of aryl methyl sites for hydroxylation is 1. The molecule has 4 heteroatoms. The smallest absolute Gasteiger partial charge is 0.123 e. The van der Waals surface area contributed by atoms with E-state index in [0.717, 1.165) is 21.2 Å². The number of nitrogens with two attached hydrogens (primary N) is 1. The number of hydrogen-bond donors (Lipinski definition) is 1. The molecule has 2 aromatic rings. The van der Waals surface area contributed by atoms with Crippen LogP contribution in [0.25, 0.3) is 0 Å². The highest BCUT2D eigenvalue weighted by Crippen LogP contribution is 2.28. The fourth-order valence-electron chi connectivity index (χ4n) is 2.01. The van der Waals surface area contributed by atoms with Crippen molar-refractivity contribution in [3.05, 3.63) is 68.4 Å².